The van der Waals surface area contributed by atoms with Gasteiger partial charge in [0, 0.05) is 17.9 Å². The maximum Gasteiger partial charge on any atom is 0.255 e. The number of carbonyl (C=O) groups is 1. The van der Waals surface area contributed by atoms with Crippen LogP contribution in [0.3, 0.4) is 0 Å². The van der Waals surface area contributed by atoms with Crippen LogP contribution in [0, 0.1) is 6.92 Å². The summed E-state index contributed by atoms with van der Waals surface area (Å²) in [5, 5.41) is 2.88. The smallest absolute Gasteiger partial charge is 0.255 e. The first-order chi connectivity index (χ1) is 11.2. The number of nitrogens with one attached hydrogen (secondary N) is 1. The number of aryl methyl sites for hydroxylation is 1. The summed E-state index contributed by atoms with van der Waals surface area (Å²) < 4.78 is 11.2. The van der Waals surface area contributed by atoms with Crippen molar-refractivity contribution in [2.24, 2.45) is 0 Å². The molecule has 3 rings (SSSR count). The highest BCUT2D eigenvalue weighted by Gasteiger charge is 2.16. The van der Waals surface area contributed by atoms with Crippen molar-refractivity contribution in [2.45, 2.75) is 25.9 Å². The van der Waals surface area contributed by atoms with E-state index in [9.17, 15) is 4.79 Å². The Kier molecular flexibility index (Phi) is 4.93. The second-order valence-electron chi connectivity index (χ2n) is 5.79. The molecule has 4 heteroatoms. The van der Waals surface area contributed by atoms with E-state index in [0.717, 1.165) is 36.4 Å². The van der Waals surface area contributed by atoms with Crippen LogP contribution in [-0.4, -0.2) is 25.2 Å². The maximum absolute atomic E-state index is 12.2. The summed E-state index contributed by atoms with van der Waals surface area (Å²) in [5.41, 5.74) is 2.56. The Morgan fingerprint density at radius 1 is 1.17 bits per heavy atom. The van der Waals surface area contributed by atoms with Crippen LogP contribution < -0.4 is 10.1 Å². The monoisotopic (exact) mass is 311 g/mol. The molecule has 1 fully saturated rings. The van der Waals surface area contributed by atoms with Crippen molar-refractivity contribution in [2.75, 3.05) is 18.5 Å². The molecule has 120 valence electrons. The first-order valence-corrected chi connectivity index (χ1v) is 7.93. The zero-order valence-corrected chi connectivity index (χ0v) is 13.2. The van der Waals surface area contributed by atoms with Gasteiger partial charge in [0.15, 0.2) is 0 Å². The molecule has 1 unspecified atom stereocenters. The molecular formula is C19H21NO3. The van der Waals surface area contributed by atoms with E-state index in [-0.39, 0.29) is 12.0 Å². The lowest BCUT2D eigenvalue weighted by molar-refractivity contribution is 0.0679. The van der Waals surface area contributed by atoms with Gasteiger partial charge in [-0.15, -0.1) is 0 Å². The van der Waals surface area contributed by atoms with E-state index >= 15 is 0 Å². The van der Waals surface area contributed by atoms with Crippen LogP contribution in [0.5, 0.6) is 5.75 Å². The predicted octanol–water partition coefficient (Wildman–Crippen LogP) is 3.81. The van der Waals surface area contributed by atoms with Crippen molar-refractivity contribution in [3.05, 3.63) is 59.7 Å². The van der Waals surface area contributed by atoms with Gasteiger partial charge in [-0.25, -0.2) is 0 Å². The van der Waals surface area contributed by atoms with Gasteiger partial charge in [0.1, 0.15) is 12.4 Å². The van der Waals surface area contributed by atoms with E-state index < -0.39 is 0 Å². The van der Waals surface area contributed by atoms with Crippen LogP contribution in [0.4, 0.5) is 5.69 Å². The zero-order valence-electron chi connectivity index (χ0n) is 13.2. The van der Waals surface area contributed by atoms with Gasteiger partial charge in [0.2, 0.25) is 0 Å². The molecule has 1 atom stereocenters. The first kappa shape index (κ1) is 15.6. The molecule has 0 aliphatic carbocycles. The van der Waals surface area contributed by atoms with Crippen molar-refractivity contribution >= 4 is 11.6 Å². The van der Waals surface area contributed by atoms with Crippen molar-refractivity contribution in [1.29, 1.82) is 0 Å². The predicted molar refractivity (Wildman–Crippen MR) is 90.0 cm³/mol. The standard InChI is InChI=1S/C19H21NO3/c1-14-4-8-16(9-5-14)20-19(21)15-6-10-17(11-7-15)23-13-18-3-2-12-22-18/h4-11,18H,2-3,12-13H2,1H3,(H,20,21). The molecule has 2 aromatic carbocycles. The summed E-state index contributed by atoms with van der Waals surface area (Å²) in [5.74, 6) is 0.631. The van der Waals surface area contributed by atoms with E-state index in [0.29, 0.717) is 12.2 Å². The Morgan fingerprint density at radius 2 is 1.91 bits per heavy atom. The van der Waals surface area contributed by atoms with Gasteiger partial charge in [0.05, 0.1) is 6.10 Å². The molecule has 0 saturated carbocycles. The normalized spacial score (nSPS) is 17.0. The molecule has 1 aliphatic heterocycles. The molecule has 23 heavy (non-hydrogen) atoms. The highest BCUT2D eigenvalue weighted by atomic mass is 16.5. The van der Waals surface area contributed by atoms with E-state index in [2.05, 4.69) is 5.32 Å². The molecule has 0 spiro atoms. The second kappa shape index (κ2) is 7.29. The van der Waals surface area contributed by atoms with E-state index in [1.54, 1.807) is 12.1 Å². The largest absolute Gasteiger partial charge is 0.491 e. The summed E-state index contributed by atoms with van der Waals surface area (Å²) in [6, 6.07) is 14.9. The minimum atomic E-state index is -0.125. The van der Waals surface area contributed by atoms with E-state index in [1.807, 2.05) is 43.3 Å². The number of anilines is 1. The van der Waals surface area contributed by atoms with Crippen LogP contribution in [0.25, 0.3) is 0 Å². The molecule has 1 N–H and O–H groups in total. The van der Waals surface area contributed by atoms with Crippen molar-refractivity contribution < 1.29 is 14.3 Å². The van der Waals surface area contributed by atoms with Crippen LogP contribution in [-0.2, 0) is 4.74 Å². The van der Waals surface area contributed by atoms with Gasteiger partial charge in [-0.1, -0.05) is 17.7 Å². The van der Waals surface area contributed by atoms with Crippen LogP contribution in [0.1, 0.15) is 28.8 Å². The summed E-state index contributed by atoms with van der Waals surface area (Å²) in [6.07, 6.45) is 2.35. The van der Waals surface area contributed by atoms with E-state index in [1.165, 1.54) is 0 Å². The fourth-order valence-corrected chi connectivity index (χ4v) is 2.51. The van der Waals surface area contributed by atoms with E-state index in [4.69, 9.17) is 9.47 Å². The van der Waals surface area contributed by atoms with Crippen molar-refractivity contribution in [3.8, 4) is 5.75 Å². The molecule has 4 nitrogen and oxygen atoms in total. The Morgan fingerprint density at radius 3 is 2.57 bits per heavy atom. The summed E-state index contributed by atoms with van der Waals surface area (Å²) >= 11 is 0. The molecular weight excluding hydrogens is 290 g/mol. The lowest BCUT2D eigenvalue weighted by atomic mass is 10.2. The Hall–Kier alpha value is -2.33. The fourth-order valence-electron chi connectivity index (χ4n) is 2.51. The quantitative estimate of drug-likeness (QED) is 0.913. The molecule has 1 aliphatic rings. The zero-order chi connectivity index (χ0) is 16.1. The maximum atomic E-state index is 12.2. The number of rotatable bonds is 5. The SMILES string of the molecule is Cc1ccc(NC(=O)c2ccc(OCC3CCCO3)cc2)cc1. The highest BCUT2D eigenvalue weighted by molar-refractivity contribution is 6.04. The van der Waals surface area contributed by atoms with Gasteiger partial charge in [-0.3, -0.25) is 4.79 Å². The van der Waals surface area contributed by atoms with Gasteiger partial charge < -0.3 is 14.8 Å². The van der Waals surface area contributed by atoms with Gasteiger partial charge in [-0.05, 0) is 56.2 Å². The first-order valence-electron chi connectivity index (χ1n) is 7.93. The van der Waals surface area contributed by atoms with Gasteiger partial charge in [-0.2, -0.15) is 0 Å². The molecule has 0 radical (unpaired) electrons. The minimum absolute atomic E-state index is 0.125. The van der Waals surface area contributed by atoms with Gasteiger partial charge >= 0.3 is 0 Å². The number of ether oxygens (including phenoxy) is 2. The summed E-state index contributed by atoms with van der Waals surface area (Å²) in [4.78, 5) is 12.2. The van der Waals surface area contributed by atoms with Gasteiger partial charge in [0.25, 0.3) is 5.91 Å². The third-order valence-corrected chi connectivity index (χ3v) is 3.89. The second-order valence-corrected chi connectivity index (χ2v) is 5.79. The lowest BCUT2D eigenvalue weighted by Crippen LogP contribution is -2.16. The number of amides is 1. The molecule has 1 heterocycles. The molecule has 0 aromatic heterocycles. The molecule has 2 aromatic rings. The number of hydrogen-bond acceptors (Lipinski definition) is 3. The highest BCUT2D eigenvalue weighted by Crippen LogP contribution is 2.17. The van der Waals surface area contributed by atoms with Crippen molar-refractivity contribution in [3.63, 3.8) is 0 Å². The Labute approximate surface area is 136 Å². The molecule has 0 bridgehead atoms. The Bertz CT molecular complexity index is 643. The fraction of sp³-hybridized carbons (Fsp3) is 0.316. The molecule has 1 amide bonds. The van der Waals surface area contributed by atoms with Crippen LogP contribution in [0.15, 0.2) is 48.5 Å². The third-order valence-electron chi connectivity index (χ3n) is 3.89. The number of carbonyl (C=O) groups excluding carboxylic acids is 1. The number of benzene rings is 2. The molecule has 1 saturated heterocycles. The van der Waals surface area contributed by atoms with Crippen LogP contribution >= 0.6 is 0 Å². The average molecular weight is 311 g/mol. The minimum Gasteiger partial charge on any atom is -0.491 e. The number of hydrogen-bond donors (Lipinski definition) is 1. The third kappa shape index (κ3) is 4.33. The van der Waals surface area contributed by atoms with Crippen LogP contribution in [0.2, 0.25) is 0 Å². The summed E-state index contributed by atoms with van der Waals surface area (Å²) in [7, 11) is 0. The van der Waals surface area contributed by atoms with Crippen molar-refractivity contribution in [1.82, 2.24) is 0 Å². The Balaban J connectivity index is 1.55. The average Bonchev–Trinajstić information content (AvgIpc) is 3.09. The topological polar surface area (TPSA) is 47.6 Å². The summed E-state index contributed by atoms with van der Waals surface area (Å²) in [6.45, 7) is 3.40. The lowest BCUT2D eigenvalue weighted by Gasteiger charge is -2.12.